The van der Waals surface area contributed by atoms with E-state index in [1.165, 1.54) is 0 Å². The first-order valence-electron chi connectivity index (χ1n) is 6.58. The maximum Gasteiger partial charge on any atom is 0.203 e. The summed E-state index contributed by atoms with van der Waals surface area (Å²) in [7, 11) is 4.85. The minimum absolute atomic E-state index is 0.391. The number of ether oxygens (including phenoxy) is 3. The largest absolute Gasteiger partial charge is 0.493 e. The third kappa shape index (κ3) is 4.23. The summed E-state index contributed by atoms with van der Waals surface area (Å²) in [5, 5.41) is 3.46. The van der Waals surface area contributed by atoms with Crippen LogP contribution >= 0.6 is 0 Å². The summed E-state index contributed by atoms with van der Waals surface area (Å²) in [6, 6.07) is 4.25. The normalized spacial score (nSPS) is 12.2. The predicted octanol–water partition coefficient (Wildman–Crippen LogP) is 3.56. The molecule has 0 saturated carbocycles. The first kappa shape index (κ1) is 15.5. The van der Waals surface area contributed by atoms with Crippen molar-refractivity contribution in [3.63, 3.8) is 0 Å². The molecule has 1 unspecified atom stereocenters. The molecule has 0 aromatic heterocycles. The van der Waals surface area contributed by atoms with Gasteiger partial charge in [-0.05, 0) is 19.3 Å². The molecule has 0 amide bonds. The quantitative estimate of drug-likeness (QED) is 0.820. The summed E-state index contributed by atoms with van der Waals surface area (Å²) in [4.78, 5) is 0. The number of benzene rings is 1. The summed E-state index contributed by atoms with van der Waals surface area (Å²) >= 11 is 0. The van der Waals surface area contributed by atoms with Crippen LogP contribution in [-0.4, -0.2) is 27.4 Å². The molecule has 19 heavy (non-hydrogen) atoms. The van der Waals surface area contributed by atoms with E-state index in [0.717, 1.165) is 12.1 Å². The van der Waals surface area contributed by atoms with Crippen molar-refractivity contribution in [1.29, 1.82) is 0 Å². The molecule has 0 bridgehead atoms. The third-order valence-corrected chi connectivity index (χ3v) is 2.90. The van der Waals surface area contributed by atoms with Gasteiger partial charge >= 0.3 is 0 Å². The number of methoxy groups -OCH3 is 3. The van der Waals surface area contributed by atoms with E-state index < -0.39 is 0 Å². The van der Waals surface area contributed by atoms with Gasteiger partial charge in [0.1, 0.15) is 0 Å². The Morgan fingerprint density at radius 2 is 1.47 bits per heavy atom. The second-order valence-corrected chi connectivity index (χ2v) is 5.09. The molecule has 1 atom stereocenters. The van der Waals surface area contributed by atoms with Crippen LogP contribution in [-0.2, 0) is 0 Å². The molecule has 4 heteroatoms. The highest BCUT2D eigenvalue weighted by Gasteiger charge is 2.14. The van der Waals surface area contributed by atoms with E-state index in [1.807, 2.05) is 12.1 Å². The standard InChI is InChI=1S/C15H25NO3/c1-10(2)7-11(3)16-12-8-13(17-4)15(19-6)14(9-12)18-5/h8-11,16H,7H2,1-6H3. The second kappa shape index (κ2) is 7.12. The zero-order chi connectivity index (χ0) is 14.4. The fourth-order valence-electron chi connectivity index (χ4n) is 2.21. The van der Waals surface area contributed by atoms with Gasteiger partial charge in [0.05, 0.1) is 21.3 Å². The second-order valence-electron chi connectivity index (χ2n) is 5.09. The van der Waals surface area contributed by atoms with Crippen LogP contribution < -0.4 is 19.5 Å². The Balaban J connectivity index is 2.96. The minimum Gasteiger partial charge on any atom is -0.493 e. The zero-order valence-corrected chi connectivity index (χ0v) is 12.7. The van der Waals surface area contributed by atoms with E-state index in [-0.39, 0.29) is 0 Å². The van der Waals surface area contributed by atoms with Gasteiger partial charge in [-0.15, -0.1) is 0 Å². The van der Waals surface area contributed by atoms with Crippen LogP contribution in [0.15, 0.2) is 12.1 Å². The molecule has 1 aromatic rings. The fraction of sp³-hybridized carbons (Fsp3) is 0.600. The van der Waals surface area contributed by atoms with Crippen molar-refractivity contribution in [2.24, 2.45) is 5.92 Å². The lowest BCUT2D eigenvalue weighted by molar-refractivity contribution is 0.324. The molecule has 1 rings (SSSR count). The number of anilines is 1. The summed E-state index contributed by atoms with van der Waals surface area (Å²) < 4.78 is 16.0. The van der Waals surface area contributed by atoms with Gasteiger partial charge in [-0.2, -0.15) is 0 Å². The maximum absolute atomic E-state index is 5.34. The van der Waals surface area contributed by atoms with Crippen LogP contribution in [0.1, 0.15) is 27.2 Å². The molecule has 0 heterocycles. The highest BCUT2D eigenvalue weighted by molar-refractivity contribution is 5.62. The lowest BCUT2D eigenvalue weighted by atomic mass is 10.0. The Kier molecular flexibility index (Phi) is 5.80. The SMILES string of the molecule is COc1cc(NC(C)CC(C)C)cc(OC)c1OC. The van der Waals surface area contributed by atoms with E-state index in [1.54, 1.807) is 21.3 Å². The number of rotatable bonds is 7. The molecule has 0 aliphatic rings. The Morgan fingerprint density at radius 3 is 1.84 bits per heavy atom. The molecule has 1 N–H and O–H groups in total. The van der Waals surface area contributed by atoms with Gasteiger partial charge in [0, 0.05) is 23.9 Å². The lowest BCUT2D eigenvalue weighted by Crippen LogP contribution is -2.17. The Hall–Kier alpha value is -1.58. The number of hydrogen-bond acceptors (Lipinski definition) is 4. The van der Waals surface area contributed by atoms with Crippen LogP contribution in [0.3, 0.4) is 0 Å². The van der Waals surface area contributed by atoms with Crippen molar-refractivity contribution in [2.45, 2.75) is 33.2 Å². The van der Waals surface area contributed by atoms with Gasteiger partial charge in [-0.1, -0.05) is 13.8 Å². The average molecular weight is 267 g/mol. The molecule has 4 nitrogen and oxygen atoms in total. The summed E-state index contributed by atoms with van der Waals surface area (Å²) in [5.41, 5.74) is 0.975. The van der Waals surface area contributed by atoms with Crippen molar-refractivity contribution in [1.82, 2.24) is 0 Å². The first-order chi connectivity index (χ1) is 9.01. The highest BCUT2D eigenvalue weighted by Crippen LogP contribution is 2.40. The molecule has 0 fully saturated rings. The average Bonchev–Trinajstić information content (AvgIpc) is 2.36. The van der Waals surface area contributed by atoms with Gasteiger partial charge < -0.3 is 19.5 Å². The van der Waals surface area contributed by atoms with Crippen LogP contribution in [0.5, 0.6) is 17.2 Å². The van der Waals surface area contributed by atoms with Crippen LogP contribution in [0.25, 0.3) is 0 Å². The third-order valence-electron chi connectivity index (χ3n) is 2.90. The summed E-state index contributed by atoms with van der Waals surface area (Å²) in [6.07, 6.45) is 1.11. The molecule has 1 aromatic carbocycles. The van der Waals surface area contributed by atoms with Crippen molar-refractivity contribution < 1.29 is 14.2 Å². The van der Waals surface area contributed by atoms with Gasteiger partial charge in [0.25, 0.3) is 0 Å². The molecule has 0 aliphatic heterocycles. The Labute approximate surface area is 116 Å². The van der Waals surface area contributed by atoms with E-state index in [2.05, 4.69) is 26.1 Å². The number of nitrogens with one attached hydrogen (secondary N) is 1. The smallest absolute Gasteiger partial charge is 0.203 e. The van der Waals surface area contributed by atoms with Gasteiger partial charge in [0.15, 0.2) is 11.5 Å². The monoisotopic (exact) mass is 267 g/mol. The van der Waals surface area contributed by atoms with Crippen LogP contribution in [0.4, 0.5) is 5.69 Å². The van der Waals surface area contributed by atoms with Gasteiger partial charge in [-0.25, -0.2) is 0 Å². The minimum atomic E-state index is 0.391. The summed E-state index contributed by atoms with van der Waals surface area (Å²) in [5.74, 6) is 2.61. The van der Waals surface area contributed by atoms with Crippen molar-refractivity contribution in [3.8, 4) is 17.2 Å². The Morgan fingerprint density at radius 1 is 0.947 bits per heavy atom. The van der Waals surface area contributed by atoms with Crippen molar-refractivity contribution in [3.05, 3.63) is 12.1 Å². The number of hydrogen-bond donors (Lipinski definition) is 1. The molecule has 108 valence electrons. The van der Waals surface area contributed by atoms with Crippen LogP contribution in [0.2, 0.25) is 0 Å². The summed E-state index contributed by atoms with van der Waals surface area (Å²) in [6.45, 7) is 6.60. The maximum atomic E-state index is 5.34. The van der Waals surface area contributed by atoms with Crippen molar-refractivity contribution >= 4 is 5.69 Å². The first-order valence-corrected chi connectivity index (χ1v) is 6.58. The molecule has 0 aliphatic carbocycles. The fourth-order valence-corrected chi connectivity index (χ4v) is 2.21. The predicted molar refractivity (Wildman–Crippen MR) is 78.6 cm³/mol. The van der Waals surface area contributed by atoms with E-state index in [4.69, 9.17) is 14.2 Å². The van der Waals surface area contributed by atoms with Crippen LogP contribution in [0, 0.1) is 5.92 Å². The Bertz CT molecular complexity index is 379. The molecular weight excluding hydrogens is 242 g/mol. The molecule has 0 saturated heterocycles. The van der Waals surface area contributed by atoms with Gasteiger partial charge in [-0.3, -0.25) is 0 Å². The molecule has 0 radical (unpaired) electrons. The topological polar surface area (TPSA) is 39.7 Å². The van der Waals surface area contributed by atoms with E-state index in [9.17, 15) is 0 Å². The van der Waals surface area contributed by atoms with Crippen molar-refractivity contribution in [2.75, 3.05) is 26.6 Å². The zero-order valence-electron chi connectivity index (χ0n) is 12.7. The molecular formula is C15H25NO3. The van der Waals surface area contributed by atoms with E-state index >= 15 is 0 Å². The van der Waals surface area contributed by atoms with Gasteiger partial charge in [0.2, 0.25) is 5.75 Å². The highest BCUT2D eigenvalue weighted by atomic mass is 16.5. The molecule has 0 spiro atoms. The lowest BCUT2D eigenvalue weighted by Gasteiger charge is -2.19. The van der Waals surface area contributed by atoms with E-state index in [0.29, 0.717) is 29.2 Å².